The topological polar surface area (TPSA) is 70.8 Å². The predicted octanol–water partition coefficient (Wildman–Crippen LogP) is 1.92. The van der Waals surface area contributed by atoms with Gasteiger partial charge in [-0.25, -0.2) is 0 Å². The average molecular weight is 253 g/mol. The van der Waals surface area contributed by atoms with E-state index in [9.17, 15) is 9.59 Å². The molecule has 0 aromatic carbocycles. The Kier molecular flexibility index (Phi) is 5.42. The molecule has 0 aliphatic rings. The summed E-state index contributed by atoms with van der Waals surface area (Å²) in [5, 5.41) is 8.82. The van der Waals surface area contributed by atoms with Crippen molar-refractivity contribution in [3.05, 3.63) is 24.2 Å². The Morgan fingerprint density at radius 1 is 1.50 bits per heavy atom. The van der Waals surface area contributed by atoms with E-state index in [0.717, 1.165) is 12.2 Å². The monoisotopic (exact) mass is 253 g/mol. The van der Waals surface area contributed by atoms with E-state index in [1.54, 1.807) is 18.4 Å². The third kappa shape index (κ3) is 4.24. The molecule has 1 aromatic rings. The fourth-order valence-electron chi connectivity index (χ4n) is 1.68. The molecule has 0 aliphatic heterocycles. The average Bonchev–Trinajstić information content (AvgIpc) is 2.85. The van der Waals surface area contributed by atoms with Gasteiger partial charge in [-0.05, 0) is 25.5 Å². The number of hydrogen-bond donors (Lipinski definition) is 1. The normalized spacial score (nSPS) is 12.1. The highest BCUT2D eigenvalue weighted by molar-refractivity contribution is 5.81. The molecule has 100 valence electrons. The Balaban J connectivity index is 2.55. The second kappa shape index (κ2) is 6.83. The van der Waals surface area contributed by atoms with Crippen LogP contribution in [-0.4, -0.2) is 34.5 Å². The van der Waals surface area contributed by atoms with E-state index in [1.807, 2.05) is 13.8 Å². The van der Waals surface area contributed by atoms with Crippen LogP contribution in [0.5, 0.6) is 0 Å². The summed E-state index contributed by atoms with van der Waals surface area (Å²) >= 11 is 0. The van der Waals surface area contributed by atoms with Crippen LogP contribution in [0.2, 0.25) is 0 Å². The fourth-order valence-corrected chi connectivity index (χ4v) is 1.68. The lowest BCUT2D eigenvalue weighted by molar-refractivity contribution is -0.146. The second-order valence-corrected chi connectivity index (χ2v) is 4.25. The first-order valence-electron chi connectivity index (χ1n) is 6.08. The van der Waals surface area contributed by atoms with Crippen molar-refractivity contribution in [1.82, 2.24) is 4.90 Å². The zero-order valence-electron chi connectivity index (χ0n) is 10.8. The predicted molar refractivity (Wildman–Crippen MR) is 66.1 cm³/mol. The Labute approximate surface area is 106 Å². The van der Waals surface area contributed by atoms with Gasteiger partial charge < -0.3 is 14.4 Å². The molecular formula is C13H19NO4. The maximum atomic E-state index is 12.0. The highest BCUT2D eigenvalue weighted by Gasteiger charge is 2.21. The molecule has 5 nitrogen and oxygen atoms in total. The first-order chi connectivity index (χ1) is 8.54. The zero-order chi connectivity index (χ0) is 13.5. The van der Waals surface area contributed by atoms with Crippen molar-refractivity contribution in [1.29, 1.82) is 0 Å². The number of aryl methyl sites for hydroxylation is 1. The van der Waals surface area contributed by atoms with Crippen molar-refractivity contribution in [2.24, 2.45) is 0 Å². The number of carboxylic acids is 1. The fraction of sp³-hybridized carbons (Fsp3) is 0.538. The number of hydrogen-bond acceptors (Lipinski definition) is 3. The summed E-state index contributed by atoms with van der Waals surface area (Å²) in [7, 11) is 0. The van der Waals surface area contributed by atoms with Crippen molar-refractivity contribution in [3.8, 4) is 0 Å². The van der Waals surface area contributed by atoms with Gasteiger partial charge >= 0.3 is 5.97 Å². The van der Waals surface area contributed by atoms with Gasteiger partial charge in [0.15, 0.2) is 0 Å². The highest BCUT2D eigenvalue weighted by atomic mass is 16.4. The number of amides is 1. The van der Waals surface area contributed by atoms with E-state index >= 15 is 0 Å². The molecule has 1 heterocycles. The lowest BCUT2D eigenvalue weighted by atomic mass is 10.1. The van der Waals surface area contributed by atoms with Crippen LogP contribution in [0.1, 0.15) is 32.4 Å². The van der Waals surface area contributed by atoms with Gasteiger partial charge in [0, 0.05) is 18.9 Å². The van der Waals surface area contributed by atoms with E-state index < -0.39 is 5.97 Å². The number of rotatable bonds is 7. The first kappa shape index (κ1) is 14.3. The quantitative estimate of drug-likeness (QED) is 0.806. The Bertz CT molecular complexity index is 386. The minimum atomic E-state index is -0.985. The lowest BCUT2D eigenvalue weighted by Gasteiger charge is -2.26. The number of furan rings is 1. The second-order valence-electron chi connectivity index (χ2n) is 4.25. The molecule has 5 heteroatoms. The molecule has 0 radical (unpaired) electrons. The third-order valence-electron chi connectivity index (χ3n) is 2.91. The van der Waals surface area contributed by atoms with Gasteiger partial charge in [-0.15, -0.1) is 0 Å². The number of carboxylic acid groups (broad SMARTS) is 1. The van der Waals surface area contributed by atoms with E-state index in [4.69, 9.17) is 9.52 Å². The van der Waals surface area contributed by atoms with Gasteiger partial charge in [-0.1, -0.05) is 6.92 Å². The molecule has 18 heavy (non-hydrogen) atoms. The zero-order valence-corrected chi connectivity index (χ0v) is 10.8. The minimum absolute atomic E-state index is 0.0646. The van der Waals surface area contributed by atoms with Crippen LogP contribution in [0.15, 0.2) is 22.8 Å². The van der Waals surface area contributed by atoms with Crippen molar-refractivity contribution in [2.45, 2.75) is 39.2 Å². The van der Waals surface area contributed by atoms with Gasteiger partial charge in [-0.2, -0.15) is 0 Å². The Morgan fingerprint density at radius 2 is 2.22 bits per heavy atom. The van der Waals surface area contributed by atoms with Crippen LogP contribution in [0, 0.1) is 0 Å². The SMILES string of the molecule is CCC(C)N(CC(=O)O)C(=O)CCc1ccco1. The molecule has 0 aliphatic carbocycles. The number of nitrogens with zero attached hydrogens (tertiary/aromatic N) is 1. The van der Waals surface area contributed by atoms with E-state index in [0.29, 0.717) is 6.42 Å². The maximum absolute atomic E-state index is 12.0. The van der Waals surface area contributed by atoms with Crippen molar-refractivity contribution in [2.75, 3.05) is 6.54 Å². The molecule has 0 fully saturated rings. The van der Waals surface area contributed by atoms with E-state index in [2.05, 4.69) is 0 Å². The van der Waals surface area contributed by atoms with Crippen LogP contribution >= 0.6 is 0 Å². The number of carbonyl (C=O) groups excluding carboxylic acids is 1. The molecule has 0 saturated carbocycles. The van der Waals surface area contributed by atoms with E-state index in [-0.39, 0.29) is 24.9 Å². The Hall–Kier alpha value is -1.78. The van der Waals surface area contributed by atoms with Crippen LogP contribution in [0.3, 0.4) is 0 Å². The highest BCUT2D eigenvalue weighted by Crippen LogP contribution is 2.09. The summed E-state index contributed by atoms with van der Waals surface area (Å²) in [5.41, 5.74) is 0. The van der Waals surface area contributed by atoms with Crippen molar-refractivity contribution >= 4 is 11.9 Å². The summed E-state index contributed by atoms with van der Waals surface area (Å²) in [4.78, 5) is 24.2. The Morgan fingerprint density at radius 3 is 2.72 bits per heavy atom. The standard InChI is InChI=1S/C13H19NO4/c1-3-10(2)14(9-13(16)17)12(15)7-6-11-5-4-8-18-11/h4-5,8,10H,3,6-7,9H2,1-2H3,(H,16,17). The molecule has 1 N–H and O–H groups in total. The van der Waals surface area contributed by atoms with Crippen molar-refractivity contribution < 1.29 is 19.1 Å². The number of carbonyl (C=O) groups is 2. The third-order valence-corrected chi connectivity index (χ3v) is 2.91. The van der Waals surface area contributed by atoms with Crippen molar-refractivity contribution in [3.63, 3.8) is 0 Å². The minimum Gasteiger partial charge on any atom is -0.480 e. The molecule has 0 bridgehead atoms. The van der Waals surface area contributed by atoms with Gasteiger partial charge in [0.1, 0.15) is 12.3 Å². The van der Waals surface area contributed by atoms with Gasteiger partial charge in [0.25, 0.3) is 0 Å². The molecular weight excluding hydrogens is 234 g/mol. The van der Waals surface area contributed by atoms with Gasteiger partial charge in [-0.3, -0.25) is 9.59 Å². The maximum Gasteiger partial charge on any atom is 0.323 e. The lowest BCUT2D eigenvalue weighted by Crippen LogP contribution is -2.41. The summed E-state index contributed by atoms with van der Waals surface area (Å²) in [6.45, 7) is 3.54. The largest absolute Gasteiger partial charge is 0.480 e. The molecule has 0 saturated heterocycles. The van der Waals surface area contributed by atoms with Crippen LogP contribution in [-0.2, 0) is 16.0 Å². The van der Waals surface area contributed by atoms with E-state index in [1.165, 1.54) is 4.90 Å². The van der Waals surface area contributed by atoms with Crippen LogP contribution in [0.25, 0.3) is 0 Å². The molecule has 1 amide bonds. The smallest absolute Gasteiger partial charge is 0.323 e. The first-order valence-corrected chi connectivity index (χ1v) is 6.08. The summed E-state index contributed by atoms with van der Waals surface area (Å²) in [6.07, 6.45) is 3.06. The summed E-state index contributed by atoms with van der Waals surface area (Å²) in [5.74, 6) is -0.396. The van der Waals surface area contributed by atoms with Gasteiger partial charge in [0.2, 0.25) is 5.91 Å². The molecule has 0 spiro atoms. The summed E-state index contributed by atoms with van der Waals surface area (Å²) in [6, 6.07) is 3.51. The molecule has 1 rings (SSSR count). The number of aliphatic carboxylic acids is 1. The molecule has 1 aromatic heterocycles. The van der Waals surface area contributed by atoms with Gasteiger partial charge in [0.05, 0.1) is 6.26 Å². The van der Waals surface area contributed by atoms with Crippen LogP contribution in [0.4, 0.5) is 0 Å². The van der Waals surface area contributed by atoms with Crippen LogP contribution < -0.4 is 0 Å². The molecule has 1 atom stereocenters. The summed E-state index contributed by atoms with van der Waals surface area (Å²) < 4.78 is 5.14. The molecule has 1 unspecified atom stereocenters.